The van der Waals surface area contributed by atoms with Gasteiger partial charge < -0.3 is 9.84 Å². The van der Waals surface area contributed by atoms with E-state index in [1.807, 2.05) is 25.1 Å². The van der Waals surface area contributed by atoms with Crippen LogP contribution in [0.5, 0.6) is 5.75 Å². The van der Waals surface area contributed by atoms with E-state index in [1.54, 1.807) is 18.2 Å². The molecule has 0 aliphatic rings. The molecule has 0 radical (unpaired) electrons. The third-order valence-corrected chi connectivity index (χ3v) is 4.00. The molecule has 0 fully saturated rings. The van der Waals surface area contributed by atoms with Crippen LogP contribution in [0.15, 0.2) is 36.4 Å². The summed E-state index contributed by atoms with van der Waals surface area (Å²) in [6, 6.07) is 10.7. The Morgan fingerprint density at radius 3 is 2.43 bits per heavy atom. The Balaban J connectivity index is 2.55. The smallest absolute Gasteiger partial charge is 0.339 e. The van der Waals surface area contributed by atoms with Crippen molar-refractivity contribution in [1.29, 1.82) is 0 Å². The molecule has 110 valence electrons. The minimum atomic E-state index is -1.08. The molecule has 0 aliphatic carbocycles. The normalized spacial score (nSPS) is 12.0. The summed E-state index contributed by atoms with van der Waals surface area (Å²) in [6.07, 6.45) is 0. The Morgan fingerprint density at radius 1 is 1.19 bits per heavy atom. The molecule has 2 aromatic rings. The topological polar surface area (TPSA) is 46.5 Å². The van der Waals surface area contributed by atoms with Crippen molar-refractivity contribution in [3.63, 3.8) is 0 Å². The van der Waals surface area contributed by atoms with E-state index in [4.69, 9.17) is 27.9 Å². The number of ether oxygens (including phenoxy) is 1. The summed E-state index contributed by atoms with van der Waals surface area (Å²) < 4.78 is 5.06. The van der Waals surface area contributed by atoms with Gasteiger partial charge >= 0.3 is 5.97 Å². The summed E-state index contributed by atoms with van der Waals surface area (Å²) >= 11 is 12.3. The van der Waals surface area contributed by atoms with E-state index in [0.717, 1.165) is 11.1 Å². The van der Waals surface area contributed by atoms with Crippen LogP contribution in [0.2, 0.25) is 10.0 Å². The summed E-state index contributed by atoms with van der Waals surface area (Å²) in [4.78, 5) is 11.3. The maximum Gasteiger partial charge on any atom is 0.339 e. The van der Waals surface area contributed by atoms with E-state index in [0.29, 0.717) is 5.02 Å². The summed E-state index contributed by atoms with van der Waals surface area (Å²) in [5.41, 5.74) is 1.72. The molecule has 21 heavy (non-hydrogen) atoms. The molecule has 1 atom stereocenters. The molecule has 3 nitrogen and oxygen atoms in total. The maximum atomic E-state index is 11.3. The van der Waals surface area contributed by atoms with Crippen LogP contribution in [-0.2, 0) is 0 Å². The van der Waals surface area contributed by atoms with Crippen LogP contribution in [0.3, 0.4) is 0 Å². The largest absolute Gasteiger partial charge is 0.494 e. The molecule has 0 spiro atoms. The number of carboxylic acid groups (broad SMARTS) is 1. The van der Waals surface area contributed by atoms with Crippen molar-refractivity contribution >= 4 is 29.2 Å². The molecule has 0 saturated heterocycles. The lowest BCUT2D eigenvalue weighted by Gasteiger charge is -2.17. The van der Waals surface area contributed by atoms with Gasteiger partial charge in [-0.15, -0.1) is 0 Å². The van der Waals surface area contributed by atoms with E-state index >= 15 is 0 Å². The van der Waals surface area contributed by atoms with E-state index in [-0.39, 0.29) is 22.3 Å². The van der Waals surface area contributed by atoms with Crippen molar-refractivity contribution in [2.24, 2.45) is 0 Å². The standard InChI is InChI=1S/C16H14Cl2O3/c1-9(11-5-3-4-6-13(11)17)10-7-12(16(19)20)15(21-2)14(18)8-10/h3-9H,1-2H3,(H,19,20). The van der Waals surface area contributed by atoms with Crippen molar-refractivity contribution in [3.05, 3.63) is 63.1 Å². The first kappa shape index (κ1) is 15.7. The third-order valence-electron chi connectivity index (χ3n) is 3.37. The second-order valence-corrected chi connectivity index (χ2v) is 5.45. The van der Waals surface area contributed by atoms with Gasteiger partial charge in [-0.3, -0.25) is 0 Å². The van der Waals surface area contributed by atoms with Crippen LogP contribution in [-0.4, -0.2) is 18.2 Å². The van der Waals surface area contributed by atoms with Gasteiger partial charge in [0.15, 0.2) is 5.75 Å². The lowest BCUT2D eigenvalue weighted by molar-refractivity contribution is 0.0693. The average Bonchev–Trinajstić information content (AvgIpc) is 2.46. The molecular weight excluding hydrogens is 311 g/mol. The van der Waals surface area contributed by atoms with Gasteiger partial charge in [-0.1, -0.05) is 48.3 Å². The third kappa shape index (κ3) is 3.14. The van der Waals surface area contributed by atoms with Crippen molar-refractivity contribution in [2.75, 3.05) is 7.11 Å². The quantitative estimate of drug-likeness (QED) is 0.874. The highest BCUT2D eigenvalue weighted by Gasteiger charge is 2.20. The van der Waals surface area contributed by atoms with Crippen LogP contribution in [0.1, 0.15) is 34.3 Å². The molecular formula is C16H14Cl2O3. The molecule has 1 N–H and O–H groups in total. The Hall–Kier alpha value is -1.71. The number of carbonyl (C=O) groups is 1. The summed E-state index contributed by atoms with van der Waals surface area (Å²) in [6.45, 7) is 1.95. The molecule has 0 bridgehead atoms. The Bertz CT molecular complexity index is 683. The first-order valence-corrected chi connectivity index (χ1v) is 7.06. The van der Waals surface area contributed by atoms with Gasteiger partial charge in [0.1, 0.15) is 5.56 Å². The molecule has 0 aromatic heterocycles. The number of halogens is 2. The zero-order valence-corrected chi connectivity index (χ0v) is 13.1. The maximum absolute atomic E-state index is 11.3. The molecule has 2 aromatic carbocycles. The zero-order chi connectivity index (χ0) is 15.6. The summed E-state index contributed by atoms with van der Waals surface area (Å²) in [5.74, 6) is -0.999. The number of hydrogen-bond acceptors (Lipinski definition) is 2. The minimum Gasteiger partial charge on any atom is -0.494 e. The average molecular weight is 325 g/mol. The highest BCUT2D eigenvalue weighted by molar-refractivity contribution is 6.33. The fraction of sp³-hybridized carbons (Fsp3) is 0.188. The van der Waals surface area contributed by atoms with Gasteiger partial charge in [0.25, 0.3) is 0 Å². The van der Waals surface area contributed by atoms with Crippen molar-refractivity contribution in [2.45, 2.75) is 12.8 Å². The van der Waals surface area contributed by atoms with Gasteiger partial charge in [-0.25, -0.2) is 4.79 Å². The van der Waals surface area contributed by atoms with E-state index < -0.39 is 5.97 Å². The van der Waals surface area contributed by atoms with Crippen LogP contribution >= 0.6 is 23.2 Å². The summed E-state index contributed by atoms with van der Waals surface area (Å²) in [5, 5.41) is 10.2. The Labute approximate surface area is 133 Å². The highest BCUT2D eigenvalue weighted by atomic mass is 35.5. The lowest BCUT2D eigenvalue weighted by atomic mass is 9.91. The fourth-order valence-corrected chi connectivity index (χ4v) is 2.84. The van der Waals surface area contributed by atoms with Gasteiger partial charge in [0.2, 0.25) is 0 Å². The SMILES string of the molecule is COc1c(Cl)cc(C(C)c2ccccc2Cl)cc1C(=O)O. The number of carboxylic acids is 1. The van der Waals surface area contributed by atoms with E-state index in [2.05, 4.69) is 0 Å². The number of aromatic carboxylic acids is 1. The number of benzene rings is 2. The number of methoxy groups -OCH3 is 1. The number of rotatable bonds is 4. The monoisotopic (exact) mass is 324 g/mol. The first-order valence-electron chi connectivity index (χ1n) is 6.30. The van der Waals surface area contributed by atoms with Crippen LogP contribution < -0.4 is 4.74 Å². The molecule has 1 unspecified atom stereocenters. The van der Waals surface area contributed by atoms with E-state index in [9.17, 15) is 9.90 Å². The van der Waals surface area contributed by atoms with Crippen LogP contribution in [0, 0.1) is 0 Å². The van der Waals surface area contributed by atoms with Gasteiger partial charge in [0.05, 0.1) is 12.1 Å². The molecule has 0 amide bonds. The fourth-order valence-electron chi connectivity index (χ4n) is 2.24. The Morgan fingerprint density at radius 2 is 1.86 bits per heavy atom. The lowest BCUT2D eigenvalue weighted by Crippen LogP contribution is -2.05. The van der Waals surface area contributed by atoms with Gasteiger partial charge in [0, 0.05) is 10.9 Å². The predicted molar refractivity (Wildman–Crippen MR) is 83.9 cm³/mol. The van der Waals surface area contributed by atoms with Crippen LogP contribution in [0.25, 0.3) is 0 Å². The predicted octanol–water partition coefficient (Wildman–Crippen LogP) is 4.85. The van der Waals surface area contributed by atoms with Gasteiger partial charge in [-0.05, 0) is 29.3 Å². The van der Waals surface area contributed by atoms with Crippen LogP contribution in [0.4, 0.5) is 0 Å². The number of hydrogen-bond donors (Lipinski definition) is 1. The van der Waals surface area contributed by atoms with Crippen molar-refractivity contribution < 1.29 is 14.6 Å². The van der Waals surface area contributed by atoms with Crippen molar-refractivity contribution in [1.82, 2.24) is 0 Å². The second kappa shape index (κ2) is 6.37. The second-order valence-electron chi connectivity index (χ2n) is 4.63. The molecule has 0 aliphatic heterocycles. The molecule has 0 heterocycles. The first-order chi connectivity index (χ1) is 9.95. The molecule has 2 rings (SSSR count). The minimum absolute atomic E-state index is 0.0407. The molecule has 0 saturated carbocycles. The summed E-state index contributed by atoms with van der Waals surface area (Å²) in [7, 11) is 1.39. The molecule has 5 heteroatoms. The van der Waals surface area contributed by atoms with Crippen molar-refractivity contribution in [3.8, 4) is 5.75 Å². The Kier molecular flexibility index (Phi) is 4.76. The highest BCUT2D eigenvalue weighted by Crippen LogP contribution is 2.36. The van der Waals surface area contributed by atoms with Gasteiger partial charge in [-0.2, -0.15) is 0 Å². The zero-order valence-electron chi connectivity index (χ0n) is 11.6. The van der Waals surface area contributed by atoms with E-state index in [1.165, 1.54) is 7.11 Å².